The van der Waals surface area contributed by atoms with E-state index in [2.05, 4.69) is 15.1 Å². The van der Waals surface area contributed by atoms with Gasteiger partial charge in [-0.25, -0.2) is 10.4 Å². The first-order valence-electron chi connectivity index (χ1n) is 12.6. The number of imidazole rings is 1. The molecule has 0 aliphatic rings. The third kappa shape index (κ3) is 6.83. The van der Waals surface area contributed by atoms with E-state index in [0.29, 0.717) is 29.7 Å². The van der Waals surface area contributed by atoms with Gasteiger partial charge in [-0.2, -0.15) is 5.10 Å². The van der Waals surface area contributed by atoms with Crippen molar-refractivity contribution in [2.45, 2.75) is 18.3 Å². The molecule has 0 spiro atoms. The van der Waals surface area contributed by atoms with Crippen LogP contribution in [0.2, 0.25) is 5.02 Å². The van der Waals surface area contributed by atoms with Crippen LogP contribution in [-0.2, 0) is 17.9 Å². The first-order valence-corrected chi connectivity index (χ1v) is 13.9. The molecule has 7 nitrogen and oxygen atoms in total. The average molecular weight is 571 g/mol. The smallest absolute Gasteiger partial charge is 0.250 e. The van der Waals surface area contributed by atoms with E-state index >= 15 is 0 Å². The van der Waals surface area contributed by atoms with Gasteiger partial charge in [-0.05, 0) is 53.1 Å². The lowest BCUT2D eigenvalue weighted by atomic mass is 10.2. The number of nitrogens with zero attached hydrogens (tertiary/aromatic N) is 3. The number of aromatic nitrogens is 2. The van der Waals surface area contributed by atoms with Crippen LogP contribution in [-0.4, -0.2) is 34.5 Å². The summed E-state index contributed by atoms with van der Waals surface area (Å²) in [7, 11) is 1.59. The molecule has 0 fully saturated rings. The number of rotatable bonds is 11. The van der Waals surface area contributed by atoms with Crippen LogP contribution in [0.1, 0.15) is 16.7 Å². The van der Waals surface area contributed by atoms with Gasteiger partial charge in [-0.3, -0.25) is 4.79 Å². The highest BCUT2D eigenvalue weighted by Gasteiger charge is 2.14. The Morgan fingerprint density at radius 3 is 2.60 bits per heavy atom. The number of halogens is 1. The predicted molar refractivity (Wildman–Crippen MR) is 161 cm³/mol. The maximum Gasteiger partial charge on any atom is 0.250 e. The van der Waals surface area contributed by atoms with E-state index in [0.717, 1.165) is 32.9 Å². The summed E-state index contributed by atoms with van der Waals surface area (Å²) < 4.78 is 13.5. The van der Waals surface area contributed by atoms with Gasteiger partial charge >= 0.3 is 0 Å². The van der Waals surface area contributed by atoms with E-state index in [1.807, 2.05) is 97.1 Å². The average Bonchev–Trinajstić information content (AvgIpc) is 3.34. The summed E-state index contributed by atoms with van der Waals surface area (Å²) in [6, 6.07) is 31.0. The van der Waals surface area contributed by atoms with Crippen molar-refractivity contribution in [2.24, 2.45) is 5.10 Å². The second-order valence-corrected chi connectivity index (χ2v) is 10.2. The molecule has 9 heteroatoms. The van der Waals surface area contributed by atoms with Crippen molar-refractivity contribution in [3.8, 4) is 11.5 Å². The zero-order valence-electron chi connectivity index (χ0n) is 21.8. The third-order valence-corrected chi connectivity index (χ3v) is 7.41. The minimum atomic E-state index is -0.243. The minimum absolute atomic E-state index is 0.152. The lowest BCUT2D eigenvalue weighted by Gasteiger charge is -2.11. The number of methoxy groups -OCH3 is 1. The topological polar surface area (TPSA) is 77.7 Å². The van der Waals surface area contributed by atoms with Crippen molar-refractivity contribution in [1.29, 1.82) is 0 Å². The molecule has 0 saturated heterocycles. The number of thioether (sulfide) groups is 1. The molecular weight excluding hydrogens is 544 g/mol. The number of ether oxygens (including phenoxy) is 2. The molecule has 202 valence electrons. The SMILES string of the molecule is COc1cc(C=NNC(=O)CSc2nc3ccccc3n2Cc2ccccc2Cl)ccc1OCc1ccccc1. The molecule has 0 radical (unpaired) electrons. The first-order chi connectivity index (χ1) is 19.6. The van der Waals surface area contributed by atoms with Gasteiger partial charge in [-0.1, -0.05) is 84.0 Å². The van der Waals surface area contributed by atoms with Gasteiger partial charge in [0, 0.05) is 5.02 Å². The van der Waals surface area contributed by atoms with E-state index in [-0.39, 0.29) is 11.7 Å². The van der Waals surface area contributed by atoms with Gasteiger partial charge < -0.3 is 14.0 Å². The summed E-state index contributed by atoms with van der Waals surface area (Å²) in [4.78, 5) is 17.3. The van der Waals surface area contributed by atoms with Crippen molar-refractivity contribution in [3.05, 3.63) is 119 Å². The van der Waals surface area contributed by atoms with Crippen LogP contribution in [0.4, 0.5) is 0 Å². The number of carbonyl (C=O) groups is 1. The van der Waals surface area contributed by atoms with Crippen LogP contribution >= 0.6 is 23.4 Å². The molecule has 1 heterocycles. The number of benzene rings is 4. The highest BCUT2D eigenvalue weighted by Crippen LogP contribution is 2.29. The maximum atomic E-state index is 12.6. The number of amides is 1. The summed E-state index contributed by atoms with van der Waals surface area (Å²) in [6.45, 7) is 0.986. The minimum Gasteiger partial charge on any atom is -0.493 e. The van der Waals surface area contributed by atoms with Crippen LogP contribution in [0.25, 0.3) is 11.0 Å². The molecule has 1 N–H and O–H groups in total. The number of carbonyl (C=O) groups excluding carboxylic acids is 1. The van der Waals surface area contributed by atoms with Crippen molar-refractivity contribution in [1.82, 2.24) is 15.0 Å². The first kappa shape index (κ1) is 27.3. The molecule has 40 heavy (non-hydrogen) atoms. The van der Waals surface area contributed by atoms with Crippen LogP contribution in [0.15, 0.2) is 107 Å². The van der Waals surface area contributed by atoms with Gasteiger partial charge in [0.1, 0.15) is 6.61 Å². The fourth-order valence-electron chi connectivity index (χ4n) is 4.07. The van der Waals surface area contributed by atoms with E-state index in [9.17, 15) is 4.79 Å². The normalized spacial score (nSPS) is 11.2. The van der Waals surface area contributed by atoms with Gasteiger partial charge in [0.25, 0.3) is 5.91 Å². The Labute approximate surface area is 241 Å². The molecule has 0 saturated carbocycles. The Bertz CT molecular complexity index is 1640. The number of hydrogen-bond acceptors (Lipinski definition) is 6. The number of fused-ring (bicyclic) bond motifs is 1. The van der Waals surface area contributed by atoms with Gasteiger partial charge in [0.15, 0.2) is 16.7 Å². The van der Waals surface area contributed by atoms with E-state index in [4.69, 9.17) is 26.1 Å². The van der Waals surface area contributed by atoms with E-state index < -0.39 is 0 Å². The summed E-state index contributed by atoms with van der Waals surface area (Å²) >= 11 is 7.76. The molecule has 1 amide bonds. The Kier molecular flexibility index (Phi) is 9.00. The summed E-state index contributed by atoms with van der Waals surface area (Å²) in [6.07, 6.45) is 1.57. The Morgan fingerprint density at radius 1 is 1.00 bits per heavy atom. The fourth-order valence-corrected chi connectivity index (χ4v) is 5.08. The van der Waals surface area contributed by atoms with Crippen LogP contribution in [0.5, 0.6) is 11.5 Å². The van der Waals surface area contributed by atoms with E-state index in [1.54, 1.807) is 13.3 Å². The lowest BCUT2D eigenvalue weighted by Crippen LogP contribution is -2.20. The quantitative estimate of drug-likeness (QED) is 0.110. The molecule has 1 aromatic heterocycles. The van der Waals surface area contributed by atoms with Crippen LogP contribution in [0, 0.1) is 0 Å². The molecule has 4 aromatic carbocycles. The zero-order chi connectivity index (χ0) is 27.7. The summed E-state index contributed by atoms with van der Waals surface area (Å²) in [5.74, 6) is 1.12. The molecule has 0 aliphatic carbocycles. The molecule has 0 bridgehead atoms. The van der Waals surface area contributed by atoms with Crippen molar-refractivity contribution >= 4 is 46.5 Å². The third-order valence-electron chi connectivity index (χ3n) is 6.07. The Hall–Kier alpha value is -4.27. The molecule has 0 unspecified atom stereocenters. The standard InChI is InChI=1S/C31H27ClN4O3S/c1-38-29-17-23(15-16-28(29)39-20-22-9-3-2-4-10-22)18-33-35-30(37)21-40-31-34-26-13-7-8-14-27(26)36(31)19-24-11-5-6-12-25(24)32/h2-18H,19-21H2,1H3,(H,35,37). The highest BCUT2D eigenvalue weighted by molar-refractivity contribution is 7.99. The van der Waals surface area contributed by atoms with Crippen molar-refractivity contribution in [3.63, 3.8) is 0 Å². The maximum absolute atomic E-state index is 12.6. The molecule has 5 aromatic rings. The fraction of sp³-hybridized carbons (Fsp3) is 0.129. The molecular formula is C31H27ClN4O3S. The Morgan fingerprint density at radius 2 is 1.77 bits per heavy atom. The number of para-hydroxylation sites is 2. The second kappa shape index (κ2) is 13.2. The van der Waals surface area contributed by atoms with Crippen molar-refractivity contribution in [2.75, 3.05) is 12.9 Å². The van der Waals surface area contributed by atoms with Gasteiger partial charge in [-0.15, -0.1) is 0 Å². The van der Waals surface area contributed by atoms with E-state index in [1.165, 1.54) is 11.8 Å². The number of hydrazone groups is 1. The molecule has 5 rings (SSSR count). The monoisotopic (exact) mass is 570 g/mol. The highest BCUT2D eigenvalue weighted by atomic mass is 35.5. The molecule has 0 aliphatic heterocycles. The number of nitrogens with one attached hydrogen (secondary N) is 1. The second-order valence-electron chi connectivity index (χ2n) is 8.83. The van der Waals surface area contributed by atoms with Crippen molar-refractivity contribution < 1.29 is 14.3 Å². The largest absolute Gasteiger partial charge is 0.493 e. The van der Waals surface area contributed by atoms with Crippen LogP contribution < -0.4 is 14.9 Å². The number of hydrogen-bond donors (Lipinski definition) is 1. The predicted octanol–water partition coefficient (Wildman–Crippen LogP) is 6.57. The zero-order valence-corrected chi connectivity index (χ0v) is 23.4. The van der Waals surface area contributed by atoms with Crippen LogP contribution in [0.3, 0.4) is 0 Å². The lowest BCUT2D eigenvalue weighted by molar-refractivity contribution is -0.118. The Balaban J connectivity index is 1.20. The summed E-state index contributed by atoms with van der Waals surface area (Å²) in [5, 5.41) is 5.54. The molecule has 0 atom stereocenters. The summed E-state index contributed by atoms with van der Waals surface area (Å²) in [5.41, 5.74) is 7.24. The van der Waals surface area contributed by atoms with Gasteiger partial charge in [0.05, 0.1) is 36.7 Å². The van der Waals surface area contributed by atoms with Gasteiger partial charge in [0.2, 0.25) is 0 Å².